The van der Waals surface area contributed by atoms with Crippen molar-refractivity contribution in [3.63, 3.8) is 0 Å². The molecule has 10 heteroatoms. The Bertz CT molecular complexity index is 1190. The Kier molecular flexibility index (Phi) is 5.58. The summed E-state index contributed by atoms with van der Waals surface area (Å²) in [4.78, 5) is 39.3. The van der Waals surface area contributed by atoms with Crippen molar-refractivity contribution in [1.82, 2.24) is 14.5 Å². The number of sulfonamides is 1. The second-order valence-corrected chi connectivity index (χ2v) is 10.2. The smallest absolute Gasteiger partial charge is 0.287 e. The lowest BCUT2D eigenvalue weighted by atomic mass is 10.0. The molecule has 0 atom stereocenters. The van der Waals surface area contributed by atoms with Crippen LogP contribution in [-0.2, 0) is 10.0 Å². The van der Waals surface area contributed by atoms with Gasteiger partial charge in [0.05, 0.1) is 11.8 Å². The molecule has 0 aliphatic carbocycles. The van der Waals surface area contributed by atoms with Crippen LogP contribution < -0.4 is 5.32 Å². The minimum Gasteiger partial charge on any atom is -0.459 e. The number of amides is 3. The fourth-order valence-corrected chi connectivity index (χ4v) is 5.95. The van der Waals surface area contributed by atoms with Gasteiger partial charge in [0.25, 0.3) is 27.7 Å². The van der Waals surface area contributed by atoms with Crippen LogP contribution in [-0.4, -0.2) is 60.5 Å². The molecule has 2 aromatic rings. The van der Waals surface area contributed by atoms with Crippen molar-refractivity contribution in [2.45, 2.75) is 50.6 Å². The maximum Gasteiger partial charge on any atom is 0.287 e. The lowest BCUT2D eigenvalue weighted by Crippen LogP contribution is -2.46. The van der Waals surface area contributed by atoms with Gasteiger partial charge in [-0.2, -0.15) is 0 Å². The van der Waals surface area contributed by atoms with E-state index in [2.05, 4.69) is 5.32 Å². The molecule has 1 fully saturated rings. The number of nitrogens with one attached hydrogen (secondary N) is 1. The fourth-order valence-electron chi connectivity index (χ4n) is 4.16. The number of piperidine rings is 1. The summed E-state index contributed by atoms with van der Waals surface area (Å²) in [5, 5.41) is 2.93. The highest BCUT2D eigenvalue weighted by atomic mass is 32.2. The first-order chi connectivity index (χ1) is 15.1. The normalized spacial score (nSPS) is 18.2. The van der Waals surface area contributed by atoms with Crippen molar-refractivity contribution in [2.24, 2.45) is 0 Å². The number of likely N-dealkylation sites (tertiary alicyclic amines) is 1. The molecule has 1 aromatic heterocycles. The molecule has 1 N–H and O–H groups in total. The molecule has 4 rings (SSSR count). The van der Waals surface area contributed by atoms with Gasteiger partial charge in [0, 0.05) is 36.3 Å². The summed E-state index contributed by atoms with van der Waals surface area (Å²) in [5.74, 6) is -0.865. The Balaban J connectivity index is 1.44. The molecule has 0 bridgehead atoms. The maximum absolute atomic E-state index is 13.0. The summed E-state index contributed by atoms with van der Waals surface area (Å²) >= 11 is 0. The third kappa shape index (κ3) is 3.68. The van der Waals surface area contributed by atoms with Crippen LogP contribution in [0.15, 0.2) is 39.8 Å². The molecular formula is C22H25N3O6S. The van der Waals surface area contributed by atoms with E-state index in [0.717, 1.165) is 9.87 Å². The molecule has 2 aliphatic rings. The number of benzene rings is 1. The topological polar surface area (TPSA) is 117 Å². The van der Waals surface area contributed by atoms with E-state index in [1.54, 1.807) is 31.7 Å². The van der Waals surface area contributed by atoms with Gasteiger partial charge in [0.1, 0.15) is 4.90 Å². The monoisotopic (exact) mass is 459 g/mol. The summed E-state index contributed by atoms with van der Waals surface area (Å²) in [6.07, 6.45) is 2.61. The zero-order valence-electron chi connectivity index (χ0n) is 18.1. The Morgan fingerprint density at radius 1 is 1.16 bits per heavy atom. The van der Waals surface area contributed by atoms with Crippen LogP contribution in [0.3, 0.4) is 0 Å². The van der Waals surface area contributed by atoms with E-state index in [-0.39, 0.29) is 39.6 Å². The quantitative estimate of drug-likeness (QED) is 0.749. The van der Waals surface area contributed by atoms with Crippen molar-refractivity contribution in [2.75, 3.05) is 13.1 Å². The molecule has 32 heavy (non-hydrogen) atoms. The third-order valence-corrected chi connectivity index (χ3v) is 7.85. The number of rotatable bonds is 4. The zero-order chi connectivity index (χ0) is 23.2. The van der Waals surface area contributed by atoms with Crippen LogP contribution in [0.5, 0.6) is 0 Å². The van der Waals surface area contributed by atoms with Gasteiger partial charge in [-0.05, 0) is 57.9 Å². The molecule has 0 spiro atoms. The third-order valence-electron chi connectivity index (χ3n) is 5.85. The number of aryl methyl sites for hydroxylation is 1. The number of hydrogen-bond donors (Lipinski definition) is 1. The molecule has 2 aliphatic heterocycles. The van der Waals surface area contributed by atoms with Gasteiger partial charge in [0.15, 0.2) is 5.76 Å². The summed E-state index contributed by atoms with van der Waals surface area (Å²) in [7, 11) is -3.97. The van der Waals surface area contributed by atoms with Gasteiger partial charge in [-0.1, -0.05) is 0 Å². The molecule has 170 valence electrons. The highest BCUT2D eigenvalue weighted by Gasteiger charge is 2.43. The van der Waals surface area contributed by atoms with Crippen LogP contribution >= 0.6 is 0 Å². The van der Waals surface area contributed by atoms with E-state index in [9.17, 15) is 22.8 Å². The predicted octanol–water partition coefficient (Wildman–Crippen LogP) is 2.18. The van der Waals surface area contributed by atoms with E-state index >= 15 is 0 Å². The first-order valence-corrected chi connectivity index (χ1v) is 11.9. The summed E-state index contributed by atoms with van der Waals surface area (Å²) in [6.45, 7) is 5.89. The zero-order valence-corrected chi connectivity index (χ0v) is 18.9. The molecule has 1 aromatic carbocycles. The summed E-state index contributed by atoms with van der Waals surface area (Å²) < 4.78 is 31.6. The van der Waals surface area contributed by atoms with Crippen molar-refractivity contribution < 1.29 is 27.2 Å². The number of nitrogens with zero attached hydrogens (tertiary/aromatic N) is 2. The maximum atomic E-state index is 13.0. The second-order valence-electron chi connectivity index (χ2n) is 8.38. The second kappa shape index (κ2) is 8.09. The lowest BCUT2D eigenvalue weighted by Gasteiger charge is -2.32. The van der Waals surface area contributed by atoms with E-state index in [1.165, 1.54) is 24.5 Å². The van der Waals surface area contributed by atoms with Crippen molar-refractivity contribution >= 4 is 27.7 Å². The number of carbonyl (C=O) groups excluding carboxylic acids is 3. The Hall–Kier alpha value is -3.14. The van der Waals surface area contributed by atoms with Crippen molar-refractivity contribution in [1.29, 1.82) is 0 Å². The molecule has 9 nitrogen and oxygen atoms in total. The Labute approximate surface area is 186 Å². The summed E-state index contributed by atoms with van der Waals surface area (Å²) in [5.41, 5.74) is 1.07. The van der Waals surface area contributed by atoms with Crippen LogP contribution in [0.4, 0.5) is 0 Å². The Morgan fingerprint density at radius 3 is 2.44 bits per heavy atom. The minimum absolute atomic E-state index is 0.0879. The standard InChI is InChI=1S/C22H25N3O6S/c1-13(2)25-22(28)17-5-4-15(12-18(17)32(25,29)30)21(27)24-9-6-16(7-10-24)23-20(26)19-14(3)8-11-31-19/h4-5,8,11-13,16H,6-7,9-10H2,1-3H3,(H,23,26). The number of carbonyl (C=O) groups is 3. The summed E-state index contributed by atoms with van der Waals surface area (Å²) in [6, 6.07) is 5.31. The van der Waals surface area contributed by atoms with Gasteiger partial charge < -0.3 is 14.6 Å². The van der Waals surface area contributed by atoms with Crippen LogP contribution in [0.2, 0.25) is 0 Å². The largest absolute Gasteiger partial charge is 0.459 e. The number of furan rings is 1. The van der Waals surface area contributed by atoms with Gasteiger partial charge in [0.2, 0.25) is 0 Å². The van der Waals surface area contributed by atoms with E-state index in [0.29, 0.717) is 25.9 Å². The molecule has 0 saturated carbocycles. The van der Waals surface area contributed by atoms with E-state index in [1.807, 2.05) is 0 Å². The van der Waals surface area contributed by atoms with E-state index in [4.69, 9.17) is 4.42 Å². The molecule has 0 radical (unpaired) electrons. The minimum atomic E-state index is -3.97. The van der Waals surface area contributed by atoms with Gasteiger partial charge >= 0.3 is 0 Å². The van der Waals surface area contributed by atoms with Gasteiger partial charge in [-0.3, -0.25) is 14.4 Å². The van der Waals surface area contributed by atoms with E-state index < -0.39 is 22.0 Å². The first-order valence-electron chi connectivity index (χ1n) is 10.5. The predicted molar refractivity (Wildman–Crippen MR) is 115 cm³/mol. The first kappa shape index (κ1) is 22.1. The molecule has 1 saturated heterocycles. The van der Waals surface area contributed by atoms with Gasteiger partial charge in [-0.25, -0.2) is 12.7 Å². The van der Waals surface area contributed by atoms with Crippen LogP contribution in [0.25, 0.3) is 0 Å². The highest BCUT2D eigenvalue weighted by molar-refractivity contribution is 7.90. The SMILES string of the molecule is Cc1ccoc1C(=O)NC1CCN(C(=O)c2ccc3c(c2)S(=O)(=O)N(C(C)C)C3=O)CC1. The number of hydrogen-bond acceptors (Lipinski definition) is 6. The van der Waals surface area contributed by atoms with Crippen molar-refractivity contribution in [3.05, 3.63) is 53.0 Å². The molecule has 3 heterocycles. The number of fused-ring (bicyclic) bond motifs is 1. The highest BCUT2D eigenvalue weighted by Crippen LogP contribution is 2.33. The fraction of sp³-hybridized carbons (Fsp3) is 0.409. The van der Waals surface area contributed by atoms with Crippen molar-refractivity contribution in [3.8, 4) is 0 Å². The molecular weight excluding hydrogens is 434 g/mol. The van der Waals surface area contributed by atoms with Crippen LogP contribution in [0.1, 0.15) is 63.5 Å². The average Bonchev–Trinajstić information content (AvgIpc) is 3.26. The van der Waals surface area contributed by atoms with Crippen LogP contribution in [0, 0.1) is 6.92 Å². The Morgan fingerprint density at radius 2 is 1.84 bits per heavy atom. The lowest BCUT2D eigenvalue weighted by molar-refractivity contribution is 0.0694. The molecule has 0 unspecified atom stereocenters. The molecule has 3 amide bonds. The van der Waals surface area contributed by atoms with Gasteiger partial charge in [-0.15, -0.1) is 0 Å². The average molecular weight is 460 g/mol.